The maximum absolute atomic E-state index is 14.0. The van der Waals surface area contributed by atoms with E-state index in [0.717, 1.165) is 21.6 Å². The fraction of sp³-hybridized carbons (Fsp3) is 0.207. The normalized spacial score (nSPS) is 24.1. The summed E-state index contributed by atoms with van der Waals surface area (Å²) < 4.78 is 5.68. The number of benzene rings is 3. The van der Waals surface area contributed by atoms with Crippen LogP contribution in [0.2, 0.25) is 0 Å². The summed E-state index contributed by atoms with van der Waals surface area (Å²) in [6.45, 7) is 3.53. The van der Waals surface area contributed by atoms with E-state index in [1.807, 2.05) is 55.5 Å². The third-order valence-corrected chi connectivity index (χ3v) is 7.57. The molecule has 8 heteroatoms. The maximum atomic E-state index is 14.0. The average Bonchev–Trinajstić information content (AvgIpc) is 3.13. The number of nitrogens with zero attached hydrogens (tertiary/aromatic N) is 2. The number of rotatable bonds is 3. The van der Waals surface area contributed by atoms with Gasteiger partial charge in [0.25, 0.3) is 5.69 Å². The van der Waals surface area contributed by atoms with Gasteiger partial charge in [-0.25, -0.2) is 4.90 Å². The number of carbonyl (C=O) groups excluding carboxylic acids is 3. The summed E-state index contributed by atoms with van der Waals surface area (Å²) in [5.74, 6) is -4.22. The molecule has 184 valence electrons. The summed E-state index contributed by atoms with van der Waals surface area (Å²) >= 11 is 0. The minimum absolute atomic E-state index is 0.133. The number of esters is 1. The van der Waals surface area contributed by atoms with Crippen LogP contribution >= 0.6 is 0 Å². The van der Waals surface area contributed by atoms with Crippen molar-refractivity contribution in [2.75, 3.05) is 4.90 Å². The number of nitro benzene ring substituents is 1. The van der Waals surface area contributed by atoms with Crippen LogP contribution in [0.4, 0.5) is 11.4 Å². The summed E-state index contributed by atoms with van der Waals surface area (Å²) in [6, 6.07) is 19.1. The van der Waals surface area contributed by atoms with Gasteiger partial charge in [0.1, 0.15) is 5.75 Å². The van der Waals surface area contributed by atoms with Crippen molar-refractivity contribution in [2.24, 2.45) is 17.8 Å². The predicted molar refractivity (Wildman–Crippen MR) is 135 cm³/mol. The van der Waals surface area contributed by atoms with E-state index in [0.29, 0.717) is 16.9 Å². The van der Waals surface area contributed by atoms with Gasteiger partial charge in [0.05, 0.1) is 28.4 Å². The molecule has 4 atom stereocenters. The molecule has 3 aromatic carbocycles. The van der Waals surface area contributed by atoms with Crippen molar-refractivity contribution in [3.05, 3.63) is 105 Å². The molecular formula is C29H22N2O6. The average molecular weight is 495 g/mol. The van der Waals surface area contributed by atoms with Crippen LogP contribution in [0.5, 0.6) is 5.75 Å². The molecule has 1 aliphatic carbocycles. The number of nitro groups is 1. The van der Waals surface area contributed by atoms with Crippen molar-refractivity contribution >= 4 is 34.7 Å². The zero-order chi connectivity index (χ0) is 26.0. The number of imide groups is 1. The summed E-state index contributed by atoms with van der Waals surface area (Å²) in [5.41, 5.74) is 3.79. The highest BCUT2D eigenvalue weighted by Gasteiger charge is 2.60. The lowest BCUT2D eigenvalue weighted by atomic mass is 9.64. The van der Waals surface area contributed by atoms with Crippen LogP contribution in [0, 0.1) is 41.7 Å². The van der Waals surface area contributed by atoms with E-state index in [1.54, 1.807) is 13.0 Å². The fourth-order valence-electron chi connectivity index (χ4n) is 5.91. The van der Waals surface area contributed by atoms with Gasteiger partial charge in [-0.3, -0.25) is 24.5 Å². The lowest BCUT2D eigenvalue weighted by Crippen LogP contribution is -2.42. The van der Waals surface area contributed by atoms with E-state index in [1.165, 1.54) is 18.2 Å². The molecule has 0 unspecified atom stereocenters. The van der Waals surface area contributed by atoms with Gasteiger partial charge in [0, 0.05) is 23.6 Å². The van der Waals surface area contributed by atoms with E-state index >= 15 is 0 Å². The predicted octanol–water partition coefficient (Wildman–Crippen LogP) is 4.73. The molecule has 2 heterocycles. The maximum Gasteiger partial charge on any atom is 0.319 e. The Morgan fingerprint density at radius 3 is 2.32 bits per heavy atom. The Morgan fingerprint density at radius 1 is 0.892 bits per heavy atom. The number of amides is 2. The summed E-state index contributed by atoms with van der Waals surface area (Å²) in [6.07, 6.45) is 1.94. The first kappa shape index (κ1) is 22.8. The van der Waals surface area contributed by atoms with E-state index in [2.05, 4.69) is 0 Å². The smallest absolute Gasteiger partial charge is 0.319 e. The number of ether oxygens (including phenoxy) is 1. The molecule has 0 bridgehead atoms. The highest BCUT2D eigenvalue weighted by molar-refractivity contribution is 6.25. The first-order chi connectivity index (χ1) is 17.8. The van der Waals surface area contributed by atoms with Crippen LogP contribution in [0.1, 0.15) is 28.2 Å². The van der Waals surface area contributed by atoms with Crippen LogP contribution in [0.15, 0.2) is 72.8 Å². The number of non-ortho nitro benzene ring substituents is 1. The third-order valence-electron chi connectivity index (χ3n) is 7.57. The summed E-state index contributed by atoms with van der Waals surface area (Å²) in [4.78, 5) is 53.1. The Hall–Kier alpha value is -4.59. The van der Waals surface area contributed by atoms with Gasteiger partial charge < -0.3 is 4.74 Å². The van der Waals surface area contributed by atoms with Gasteiger partial charge in [-0.15, -0.1) is 0 Å². The zero-order valence-electron chi connectivity index (χ0n) is 20.1. The van der Waals surface area contributed by atoms with Crippen molar-refractivity contribution < 1.29 is 24.0 Å². The molecular weight excluding hydrogens is 472 g/mol. The Morgan fingerprint density at radius 2 is 1.62 bits per heavy atom. The molecule has 8 nitrogen and oxygen atoms in total. The second-order valence-electron chi connectivity index (χ2n) is 9.75. The van der Waals surface area contributed by atoms with E-state index in [9.17, 15) is 24.5 Å². The number of hydrogen-bond acceptors (Lipinski definition) is 6. The van der Waals surface area contributed by atoms with Crippen LogP contribution in [-0.2, 0) is 14.4 Å². The molecule has 0 aromatic heterocycles. The highest BCUT2D eigenvalue weighted by Crippen LogP contribution is 2.55. The molecule has 1 fully saturated rings. The molecule has 3 aromatic rings. The second-order valence-corrected chi connectivity index (χ2v) is 9.75. The SMILES string of the molecule is Cc1ccc2c(c1)OC(=O)[C@@H]1C2=C[C@H](c2ccccc2)[C@H]2C(=O)N(c3ccc([N+](=O)[O-])cc3C)C(=O)[C@H]12. The molecule has 0 radical (unpaired) electrons. The van der Waals surface area contributed by atoms with Gasteiger partial charge in [-0.2, -0.15) is 0 Å². The molecule has 6 rings (SSSR count). The molecule has 2 aliphatic heterocycles. The monoisotopic (exact) mass is 494 g/mol. The lowest BCUT2D eigenvalue weighted by Gasteiger charge is -2.38. The lowest BCUT2D eigenvalue weighted by molar-refractivity contribution is -0.384. The number of anilines is 1. The van der Waals surface area contributed by atoms with E-state index < -0.39 is 46.4 Å². The van der Waals surface area contributed by atoms with Gasteiger partial charge in [0.2, 0.25) is 11.8 Å². The van der Waals surface area contributed by atoms with Crippen molar-refractivity contribution in [3.8, 4) is 5.75 Å². The second kappa shape index (κ2) is 8.23. The summed E-state index contributed by atoms with van der Waals surface area (Å²) in [7, 11) is 0. The Kier molecular flexibility index (Phi) is 5.08. The molecule has 1 saturated heterocycles. The quantitative estimate of drug-likeness (QED) is 0.171. The van der Waals surface area contributed by atoms with Gasteiger partial charge in [0.15, 0.2) is 0 Å². The van der Waals surface area contributed by atoms with E-state index in [4.69, 9.17) is 4.74 Å². The minimum atomic E-state index is -0.964. The number of allylic oxidation sites excluding steroid dienone is 1. The van der Waals surface area contributed by atoms with Crippen LogP contribution < -0.4 is 9.64 Å². The van der Waals surface area contributed by atoms with Crippen LogP contribution in [0.25, 0.3) is 5.57 Å². The standard InChI is InChI=1S/C29H22N2O6/c1-15-8-10-19-21-14-20(17-6-4-3-5-7-17)24-26(25(21)29(34)37-23(19)12-15)28(33)30(27(24)32)22-11-9-18(31(35)36)13-16(22)2/h3-14,20,24-26H,1-2H3/t20-,24-,25-,26+/m1/s1. The van der Waals surface area contributed by atoms with Gasteiger partial charge in [-0.05, 0) is 48.2 Å². The Balaban J connectivity index is 1.53. The zero-order valence-corrected chi connectivity index (χ0v) is 20.1. The molecule has 3 aliphatic rings. The van der Waals surface area contributed by atoms with Crippen LogP contribution in [0.3, 0.4) is 0 Å². The minimum Gasteiger partial charge on any atom is -0.425 e. The first-order valence-corrected chi connectivity index (χ1v) is 12.0. The van der Waals surface area contributed by atoms with Gasteiger partial charge >= 0.3 is 5.97 Å². The first-order valence-electron chi connectivity index (χ1n) is 12.0. The van der Waals surface area contributed by atoms with Crippen molar-refractivity contribution in [1.82, 2.24) is 0 Å². The third kappa shape index (κ3) is 3.40. The van der Waals surface area contributed by atoms with Crippen molar-refractivity contribution in [3.63, 3.8) is 0 Å². The topological polar surface area (TPSA) is 107 Å². The summed E-state index contributed by atoms with van der Waals surface area (Å²) in [5, 5.41) is 11.2. The van der Waals surface area contributed by atoms with E-state index in [-0.39, 0.29) is 11.4 Å². The highest BCUT2D eigenvalue weighted by atomic mass is 16.6. The Bertz CT molecular complexity index is 1540. The van der Waals surface area contributed by atoms with Gasteiger partial charge in [-0.1, -0.05) is 48.5 Å². The molecule has 0 saturated carbocycles. The van der Waals surface area contributed by atoms with Crippen LogP contribution in [-0.4, -0.2) is 22.7 Å². The molecule has 0 N–H and O–H groups in total. The molecule has 37 heavy (non-hydrogen) atoms. The fourth-order valence-corrected chi connectivity index (χ4v) is 5.91. The van der Waals surface area contributed by atoms with Crippen molar-refractivity contribution in [2.45, 2.75) is 19.8 Å². The Labute approximate surface area is 212 Å². The number of fused-ring (bicyclic) bond motifs is 5. The molecule has 0 spiro atoms. The largest absolute Gasteiger partial charge is 0.425 e. The number of hydrogen-bond donors (Lipinski definition) is 0. The van der Waals surface area contributed by atoms with Crippen molar-refractivity contribution in [1.29, 1.82) is 0 Å². The number of carbonyl (C=O) groups is 3. The molecule has 2 amide bonds. The number of aryl methyl sites for hydroxylation is 2.